The van der Waals surface area contributed by atoms with Crippen molar-refractivity contribution in [1.29, 1.82) is 0 Å². The van der Waals surface area contributed by atoms with Gasteiger partial charge in [-0.25, -0.2) is 0 Å². The highest BCUT2D eigenvalue weighted by Crippen LogP contribution is 2.52. The largest absolute Gasteiger partial charge is 0.457 e. The standard InChI is InChI=1S/C31H23ClN2O3/c1-33-30(35)20-5-11-23-18(15-20)7-13-25-28(23)27(17-3-9-22(32)10-4-17)29-24-12-6-21(31(36)34-2)16-19(24)8-14-26(29)37-25/h3-16,27H,1-2H3,(H,33,35)(H,34,36). The summed E-state index contributed by atoms with van der Waals surface area (Å²) in [6.45, 7) is 0. The summed E-state index contributed by atoms with van der Waals surface area (Å²) in [7, 11) is 3.25. The fourth-order valence-corrected chi connectivity index (χ4v) is 5.39. The van der Waals surface area contributed by atoms with Gasteiger partial charge in [0.25, 0.3) is 11.8 Å². The van der Waals surface area contributed by atoms with Crippen molar-refractivity contribution in [2.75, 3.05) is 14.1 Å². The molecule has 0 saturated heterocycles. The quantitative estimate of drug-likeness (QED) is 0.282. The van der Waals surface area contributed by atoms with Crippen LogP contribution in [0.1, 0.15) is 43.3 Å². The Bertz CT molecular complexity index is 1620. The van der Waals surface area contributed by atoms with Crippen molar-refractivity contribution in [2.45, 2.75) is 5.92 Å². The summed E-state index contributed by atoms with van der Waals surface area (Å²) in [6.07, 6.45) is 0. The first-order valence-corrected chi connectivity index (χ1v) is 12.4. The number of benzene rings is 5. The Morgan fingerprint density at radius 3 is 1.62 bits per heavy atom. The number of nitrogens with one attached hydrogen (secondary N) is 2. The predicted molar refractivity (Wildman–Crippen MR) is 147 cm³/mol. The Morgan fingerprint density at radius 2 is 1.16 bits per heavy atom. The van der Waals surface area contributed by atoms with E-state index in [1.807, 2.05) is 84.9 Å². The Morgan fingerprint density at radius 1 is 0.676 bits per heavy atom. The average molecular weight is 507 g/mol. The highest BCUT2D eigenvalue weighted by Gasteiger charge is 2.32. The van der Waals surface area contributed by atoms with Crippen molar-refractivity contribution in [3.05, 3.63) is 118 Å². The lowest BCUT2D eigenvalue weighted by atomic mass is 9.78. The summed E-state index contributed by atoms with van der Waals surface area (Å²) >= 11 is 6.26. The van der Waals surface area contributed by atoms with E-state index < -0.39 is 0 Å². The Kier molecular flexibility index (Phi) is 5.58. The van der Waals surface area contributed by atoms with Crippen LogP contribution in [-0.2, 0) is 0 Å². The van der Waals surface area contributed by atoms with Gasteiger partial charge >= 0.3 is 0 Å². The Hall–Kier alpha value is -4.35. The SMILES string of the molecule is CNC(=O)c1ccc2c3c(ccc2c1)Oc1ccc2cc(C(=O)NC)ccc2c1C3c1ccc(Cl)cc1. The van der Waals surface area contributed by atoms with Crippen LogP contribution in [0.15, 0.2) is 84.9 Å². The zero-order chi connectivity index (χ0) is 25.7. The molecule has 0 saturated carbocycles. The molecule has 0 radical (unpaired) electrons. The molecular formula is C31H23ClN2O3. The second-order valence-electron chi connectivity index (χ2n) is 9.07. The minimum absolute atomic E-state index is 0.131. The number of carbonyl (C=O) groups excluding carboxylic acids is 2. The second-order valence-corrected chi connectivity index (χ2v) is 9.51. The van der Waals surface area contributed by atoms with Gasteiger partial charge in [-0.3, -0.25) is 9.59 Å². The van der Waals surface area contributed by atoms with E-state index in [1.54, 1.807) is 14.1 Å². The molecule has 0 aliphatic carbocycles. The van der Waals surface area contributed by atoms with Crippen LogP contribution in [0.5, 0.6) is 11.5 Å². The number of fused-ring (bicyclic) bond motifs is 6. The van der Waals surface area contributed by atoms with Gasteiger partial charge in [-0.1, -0.05) is 48.0 Å². The van der Waals surface area contributed by atoms with E-state index in [9.17, 15) is 9.59 Å². The van der Waals surface area contributed by atoms with E-state index in [0.717, 1.165) is 49.7 Å². The number of amides is 2. The second kappa shape index (κ2) is 8.95. The van der Waals surface area contributed by atoms with Gasteiger partial charge in [-0.05, 0) is 75.6 Å². The van der Waals surface area contributed by atoms with Crippen molar-refractivity contribution in [3.63, 3.8) is 0 Å². The summed E-state index contributed by atoms with van der Waals surface area (Å²) < 4.78 is 6.48. The molecule has 2 amide bonds. The molecule has 182 valence electrons. The molecule has 6 heteroatoms. The molecule has 0 atom stereocenters. The molecule has 6 rings (SSSR count). The summed E-state index contributed by atoms with van der Waals surface area (Å²) in [5.41, 5.74) is 4.32. The Balaban J connectivity index is 1.64. The fourth-order valence-electron chi connectivity index (χ4n) is 5.26. The lowest BCUT2D eigenvalue weighted by molar-refractivity contribution is 0.0955. The molecule has 5 nitrogen and oxygen atoms in total. The van der Waals surface area contributed by atoms with Crippen molar-refractivity contribution in [2.24, 2.45) is 0 Å². The highest BCUT2D eigenvalue weighted by atomic mass is 35.5. The first-order chi connectivity index (χ1) is 18.0. The molecule has 0 spiro atoms. The van der Waals surface area contributed by atoms with Gasteiger partial charge in [-0.15, -0.1) is 0 Å². The molecule has 5 aromatic rings. The smallest absolute Gasteiger partial charge is 0.251 e. The fraction of sp³-hybridized carbons (Fsp3) is 0.0968. The molecule has 2 N–H and O–H groups in total. The van der Waals surface area contributed by atoms with Crippen LogP contribution in [-0.4, -0.2) is 25.9 Å². The molecular weight excluding hydrogens is 484 g/mol. The van der Waals surface area contributed by atoms with Gasteiger partial charge in [0.05, 0.1) is 0 Å². The van der Waals surface area contributed by atoms with Crippen molar-refractivity contribution in [3.8, 4) is 11.5 Å². The highest BCUT2D eigenvalue weighted by molar-refractivity contribution is 6.30. The van der Waals surface area contributed by atoms with E-state index in [0.29, 0.717) is 16.1 Å². The third-order valence-corrected chi connectivity index (χ3v) is 7.27. The number of ether oxygens (including phenoxy) is 1. The third-order valence-electron chi connectivity index (χ3n) is 7.02. The minimum Gasteiger partial charge on any atom is -0.457 e. The first kappa shape index (κ1) is 23.1. The van der Waals surface area contributed by atoms with E-state index in [4.69, 9.17) is 16.3 Å². The summed E-state index contributed by atoms with van der Waals surface area (Å²) in [5.74, 6) is 1.13. The van der Waals surface area contributed by atoms with Crippen LogP contribution in [0.25, 0.3) is 21.5 Å². The van der Waals surface area contributed by atoms with Gasteiger partial charge in [0.1, 0.15) is 11.5 Å². The van der Waals surface area contributed by atoms with E-state index in [2.05, 4.69) is 10.6 Å². The molecule has 1 heterocycles. The number of hydrogen-bond acceptors (Lipinski definition) is 3. The third kappa shape index (κ3) is 3.79. The van der Waals surface area contributed by atoms with Gasteiger partial charge < -0.3 is 15.4 Å². The number of carbonyl (C=O) groups is 2. The predicted octanol–water partition coefficient (Wildman–Crippen LogP) is 6.65. The zero-order valence-electron chi connectivity index (χ0n) is 20.3. The molecule has 0 bridgehead atoms. The van der Waals surface area contributed by atoms with Crippen molar-refractivity contribution >= 4 is 45.0 Å². The molecule has 37 heavy (non-hydrogen) atoms. The number of halogens is 1. The molecule has 0 aromatic heterocycles. The van der Waals surface area contributed by atoms with E-state index >= 15 is 0 Å². The molecule has 0 fully saturated rings. The van der Waals surface area contributed by atoms with E-state index in [1.165, 1.54) is 0 Å². The van der Waals surface area contributed by atoms with Crippen LogP contribution < -0.4 is 15.4 Å². The van der Waals surface area contributed by atoms with Gasteiger partial charge in [0.2, 0.25) is 0 Å². The van der Waals surface area contributed by atoms with Crippen molar-refractivity contribution < 1.29 is 14.3 Å². The number of hydrogen-bond donors (Lipinski definition) is 2. The topological polar surface area (TPSA) is 67.4 Å². The normalized spacial score (nSPS) is 12.5. The van der Waals surface area contributed by atoms with E-state index in [-0.39, 0.29) is 17.7 Å². The summed E-state index contributed by atoms with van der Waals surface area (Å²) in [6, 6.07) is 27.3. The van der Waals surface area contributed by atoms with Crippen molar-refractivity contribution in [1.82, 2.24) is 10.6 Å². The maximum Gasteiger partial charge on any atom is 0.251 e. The molecule has 1 aliphatic rings. The maximum atomic E-state index is 12.3. The number of rotatable bonds is 3. The molecule has 0 unspecified atom stereocenters. The summed E-state index contributed by atoms with van der Waals surface area (Å²) in [4.78, 5) is 24.6. The van der Waals surface area contributed by atoms with Crippen LogP contribution in [0, 0.1) is 0 Å². The zero-order valence-corrected chi connectivity index (χ0v) is 21.0. The minimum atomic E-state index is -0.153. The monoisotopic (exact) mass is 506 g/mol. The van der Waals surface area contributed by atoms with Crippen LogP contribution in [0.2, 0.25) is 5.02 Å². The van der Waals surface area contributed by atoms with Gasteiger partial charge in [0.15, 0.2) is 0 Å². The lowest BCUT2D eigenvalue weighted by Gasteiger charge is -2.31. The van der Waals surface area contributed by atoms with Crippen LogP contribution >= 0.6 is 11.6 Å². The first-order valence-electron chi connectivity index (χ1n) is 12.0. The maximum absolute atomic E-state index is 12.3. The average Bonchev–Trinajstić information content (AvgIpc) is 2.94. The summed E-state index contributed by atoms with van der Waals surface area (Å²) in [5, 5.41) is 9.97. The van der Waals surface area contributed by atoms with Gasteiger partial charge in [-0.2, -0.15) is 0 Å². The lowest BCUT2D eigenvalue weighted by Crippen LogP contribution is -2.18. The molecule has 5 aromatic carbocycles. The van der Waals surface area contributed by atoms with Crippen LogP contribution in [0.4, 0.5) is 0 Å². The van der Waals surface area contributed by atoms with Crippen LogP contribution in [0.3, 0.4) is 0 Å². The Labute approximate surface area is 219 Å². The van der Waals surface area contributed by atoms with Gasteiger partial charge in [0, 0.05) is 47.3 Å². The molecule has 1 aliphatic heterocycles.